The van der Waals surface area contributed by atoms with E-state index < -0.39 is 0 Å². The first kappa shape index (κ1) is 16.0. The minimum atomic E-state index is 0. The maximum absolute atomic E-state index is 13.0. The molecule has 0 unspecified atom stereocenters. The van der Waals surface area contributed by atoms with Crippen LogP contribution in [0.5, 0.6) is 0 Å². The number of halogens is 1. The number of hydrogen-bond acceptors (Lipinski definition) is 4. The van der Waals surface area contributed by atoms with Gasteiger partial charge >= 0.3 is 0 Å². The highest BCUT2D eigenvalue weighted by Crippen LogP contribution is 2.30. The van der Waals surface area contributed by atoms with Crippen LogP contribution in [0, 0.1) is 0 Å². The van der Waals surface area contributed by atoms with Crippen molar-refractivity contribution in [3.63, 3.8) is 0 Å². The van der Waals surface area contributed by atoms with Crippen LogP contribution >= 0.6 is 12.4 Å². The summed E-state index contributed by atoms with van der Waals surface area (Å²) in [5.41, 5.74) is 3.83. The van der Waals surface area contributed by atoms with Crippen LogP contribution in [0.4, 0.5) is 0 Å². The number of amides is 1. The van der Waals surface area contributed by atoms with E-state index in [0.717, 1.165) is 49.2 Å². The Morgan fingerprint density at radius 3 is 2.83 bits per heavy atom. The fourth-order valence-corrected chi connectivity index (χ4v) is 2.98. The average molecular weight is 334 g/mol. The van der Waals surface area contributed by atoms with Crippen LogP contribution in [0.1, 0.15) is 40.2 Å². The second-order valence-corrected chi connectivity index (χ2v) is 5.98. The van der Waals surface area contributed by atoms with E-state index in [1.165, 1.54) is 0 Å². The zero-order chi connectivity index (χ0) is 14.9. The van der Waals surface area contributed by atoms with Crippen LogP contribution in [0.15, 0.2) is 24.5 Å². The van der Waals surface area contributed by atoms with Crippen LogP contribution in [-0.2, 0) is 19.5 Å². The molecule has 2 N–H and O–H groups in total. The Morgan fingerprint density at radius 2 is 2.09 bits per heavy atom. The van der Waals surface area contributed by atoms with Gasteiger partial charge in [0.2, 0.25) is 0 Å². The van der Waals surface area contributed by atoms with E-state index in [0.29, 0.717) is 18.3 Å². The quantitative estimate of drug-likeness (QED) is 0.892. The molecule has 122 valence electrons. The lowest BCUT2D eigenvalue weighted by atomic mass is 10.1. The largest absolute Gasteiger partial charge is 0.330 e. The number of hydrogen-bond donors (Lipinski definition) is 2. The number of nitrogens with one attached hydrogen (secondary N) is 2. The molecule has 1 saturated carbocycles. The standard InChI is InChI=1S/C16H19N5O.ClH/c22-16(15-13-9-18-8-5-14(13)19-20-15)21(12-1-2-12)10-11-3-6-17-7-4-11;/h3-4,6-7,12,18H,1-2,5,8-10H2,(H,19,20);1H. The minimum Gasteiger partial charge on any atom is -0.330 e. The van der Waals surface area contributed by atoms with Crippen LogP contribution in [0.2, 0.25) is 0 Å². The molecule has 4 rings (SSSR count). The first-order valence-corrected chi connectivity index (χ1v) is 7.79. The van der Waals surface area contributed by atoms with Gasteiger partial charge in [-0.05, 0) is 30.5 Å². The molecule has 0 bridgehead atoms. The van der Waals surface area contributed by atoms with Gasteiger partial charge in [0.05, 0.1) is 0 Å². The molecule has 0 spiro atoms. The third-order valence-electron chi connectivity index (χ3n) is 4.36. The highest BCUT2D eigenvalue weighted by Gasteiger charge is 2.35. The van der Waals surface area contributed by atoms with Gasteiger partial charge in [-0.1, -0.05) is 0 Å². The second kappa shape index (κ2) is 6.68. The summed E-state index contributed by atoms with van der Waals surface area (Å²) in [6.07, 6.45) is 6.61. The van der Waals surface area contributed by atoms with E-state index in [2.05, 4.69) is 20.5 Å². The van der Waals surface area contributed by atoms with Crippen molar-refractivity contribution in [2.45, 2.75) is 38.4 Å². The maximum atomic E-state index is 13.0. The van der Waals surface area contributed by atoms with Gasteiger partial charge in [-0.25, -0.2) is 0 Å². The SMILES string of the molecule is Cl.O=C(c1n[nH]c2c1CNCC2)N(Cc1ccncc1)C1CC1. The van der Waals surface area contributed by atoms with Crippen molar-refractivity contribution < 1.29 is 4.79 Å². The van der Waals surface area contributed by atoms with Crippen LogP contribution < -0.4 is 5.32 Å². The van der Waals surface area contributed by atoms with Crippen molar-refractivity contribution in [1.82, 2.24) is 25.4 Å². The average Bonchev–Trinajstić information content (AvgIpc) is 3.31. The Labute approximate surface area is 141 Å². The van der Waals surface area contributed by atoms with Crippen molar-refractivity contribution >= 4 is 18.3 Å². The van der Waals surface area contributed by atoms with Crippen molar-refractivity contribution in [3.05, 3.63) is 47.0 Å². The predicted molar refractivity (Wildman–Crippen MR) is 88.4 cm³/mol. The predicted octanol–water partition coefficient (Wildman–Crippen LogP) is 1.68. The number of nitrogens with zero attached hydrogens (tertiary/aromatic N) is 3. The molecule has 6 nitrogen and oxygen atoms in total. The first-order chi connectivity index (χ1) is 10.8. The number of fused-ring (bicyclic) bond motifs is 1. The Hall–Kier alpha value is -1.92. The topological polar surface area (TPSA) is 73.9 Å². The van der Waals surface area contributed by atoms with Gasteiger partial charge in [0, 0.05) is 55.7 Å². The minimum absolute atomic E-state index is 0. The van der Waals surface area contributed by atoms with Crippen LogP contribution in [0.3, 0.4) is 0 Å². The van der Waals surface area contributed by atoms with Crippen molar-refractivity contribution in [2.75, 3.05) is 6.54 Å². The zero-order valence-electron chi connectivity index (χ0n) is 12.8. The molecule has 2 aromatic rings. The smallest absolute Gasteiger partial charge is 0.275 e. The molecule has 0 aromatic carbocycles. The van der Waals surface area contributed by atoms with E-state index in [4.69, 9.17) is 0 Å². The molecule has 1 aliphatic carbocycles. The number of carbonyl (C=O) groups is 1. The van der Waals surface area contributed by atoms with Crippen molar-refractivity contribution in [3.8, 4) is 0 Å². The summed E-state index contributed by atoms with van der Waals surface area (Å²) in [6, 6.07) is 4.28. The van der Waals surface area contributed by atoms with Crippen LogP contribution in [-0.4, -0.2) is 38.6 Å². The molecule has 0 saturated heterocycles. The van der Waals surface area contributed by atoms with E-state index in [9.17, 15) is 4.79 Å². The van der Waals surface area contributed by atoms with Gasteiger partial charge in [0.1, 0.15) is 0 Å². The Kier molecular flexibility index (Phi) is 4.63. The molecule has 3 heterocycles. The van der Waals surface area contributed by atoms with Crippen molar-refractivity contribution in [2.24, 2.45) is 0 Å². The highest BCUT2D eigenvalue weighted by atomic mass is 35.5. The molecule has 0 atom stereocenters. The lowest BCUT2D eigenvalue weighted by molar-refractivity contribution is 0.0722. The summed E-state index contributed by atoms with van der Waals surface area (Å²) in [6.45, 7) is 2.29. The third-order valence-corrected chi connectivity index (χ3v) is 4.36. The summed E-state index contributed by atoms with van der Waals surface area (Å²) < 4.78 is 0. The number of aromatic amines is 1. The van der Waals surface area contributed by atoms with E-state index in [1.54, 1.807) is 12.4 Å². The normalized spacial score (nSPS) is 16.3. The summed E-state index contributed by atoms with van der Waals surface area (Å²) >= 11 is 0. The molecule has 2 aromatic heterocycles. The molecule has 0 radical (unpaired) electrons. The maximum Gasteiger partial charge on any atom is 0.275 e. The summed E-state index contributed by atoms with van der Waals surface area (Å²) in [5, 5.41) is 10.7. The number of carbonyl (C=O) groups excluding carboxylic acids is 1. The molecule has 23 heavy (non-hydrogen) atoms. The lowest BCUT2D eigenvalue weighted by Gasteiger charge is -2.22. The van der Waals surface area contributed by atoms with E-state index in [1.807, 2.05) is 17.0 Å². The number of rotatable bonds is 4. The lowest BCUT2D eigenvalue weighted by Crippen LogP contribution is -2.34. The Balaban J connectivity index is 0.00000156. The molecule has 1 amide bonds. The van der Waals surface area contributed by atoms with E-state index in [-0.39, 0.29) is 18.3 Å². The zero-order valence-corrected chi connectivity index (χ0v) is 13.6. The number of aromatic nitrogens is 3. The molecule has 1 fully saturated rings. The first-order valence-electron chi connectivity index (χ1n) is 7.79. The highest BCUT2D eigenvalue weighted by molar-refractivity contribution is 5.94. The Morgan fingerprint density at radius 1 is 1.30 bits per heavy atom. The molecule has 1 aliphatic heterocycles. The number of H-pyrrole nitrogens is 1. The third kappa shape index (κ3) is 3.23. The van der Waals surface area contributed by atoms with E-state index >= 15 is 0 Å². The molecule has 2 aliphatic rings. The second-order valence-electron chi connectivity index (χ2n) is 5.98. The molecular formula is C16H20ClN5O. The van der Waals surface area contributed by atoms with Crippen molar-refractivity contribution in [1.29, 1.82) is 0 Å². The summed E-state index contributed by atoms with van der Waals surface area (Å²) in [7, 11) is 0. The van der Waals surface area contributed by atoms with Gasteiger partial charge < -0.3 is 10.2 Å². The Bertz CT molecular complexity index is 683. The fourth-order valence-electron chi connectivity index (χ4n) is 2.98. The summed E-state index contributed by atoms with van der Waals surface area (Å²) in [4.78, 5) is 19.0. The van der Waals surface area contributed by atoms with Gasteiger partial charge in [0.25, 0.3) is 5.91 Å². The van der Waals surface area contributed by atoms with Gasteiger partial charge in [-0.2, -0.15) is 5.10 Å². The fraction of sp³-hybridized carbons (Fsp3) is 0.438. The number of pyridine rings is 1. The molecular weight excluding hydrogens is 314 g/mol. The summed E-state index contributed by atoms with van der Waals surface area (Å²) in [5.74, 6) is 0.0421. The monoisotopic (exact) mass is 333 g/mol. The van der Waals surface area contributed by atoms with Crippen LogP contribution in [0.25, 0.3) is 0 Å². The van der Waals surface area contributed by atoms with Gasteiger partial charge in [-0.3, -0.25) is 14.9 Å². The van der Waals surface area contributed by atoms with Gasteiger partial charge in [0.15, 0.2) is 5.69 Å². The molecule has 7 heteroatoms. The van der Waals surface area contributed by atoms with Gasteiger partial charge in [-0.15, -0.1) is 12.4 Å².